The van der Waals surface area contributed by atoms with Gasteiger partial charge in [0.15, 0.2) is 5.65 Å². The molecule has 3 rings (SSSR count). The van der Waals surface area contributed by atoms with E-state index in [2.05, 4.69) is 46.4 Å². The van der Waals surface area contributed by atoms with Gasteiger partial charge in [0.1, 0.15) is 10.1 Å². The highest BCUT2D eigenvalue weighted by Gasteiger charge is 2.11. The van der Waals surface area contributed by atoms with Crippen molar-refractivity contribution in [2.45, 2.75) is 17.0 Å². The number of rotatable bonds is 4. The molecule has 0 aliphatic heterocycles. The fourth-order valence-corrected chi connectivity index (χ4v) is 2.71. The molecule has 0 radical (unpaired) electrons. The Hall–Kier alpha value is -1.67. The van der Waals surface area contributed by atoms with Crippen LogP contribution in [0.1, 0.15) is 6.92 Å². The van der Waals surface area contributed by atoms with Crippen molar-refractivity contribution in [1.82, 2.24) is 25.1 Å². The Morgan fingerprint density at radius 1 is 1.30 bits per heavy atom. The molecule has 0 amide bonds. The van der Waals surface area contributed by atoms with Gasteiger partial charge in [-0.1, -0.05) is 0 Å². The number of nitrogens with one attached hydrogen (secondary N) is 2. The number of H-pyrrole nitrogens is 1. The third-order valence-corrected chi connectivity index (χ3v) is 3.94. The second-order valence-electron chi connectivity index (χ2n) is 3.93. The molecule has 0 saturated carbocycles. The highest BCUT2D eigenvalue weighted by molar-refractivity contribution is 9.10. The smallest absolute Gasteiger partial charge is 0.225 e. The highest BCUT2D eigenvalue weighted by Crippen LogP contribution is 2.30. The number of hydrogen-bond donors (Lipinski definition) is 2. The molecule has 102 valence electrons. The van der Waals surface area contributed by atoms with Crippen LogP contribution in [0, 0.1) is 0 Å². The van der Waals surface area contributed by atoms with Crippen molar-refractivity contribution in [2.75, 3.05) is 11.9 Å². The molecule has 0 aliphatic carbocycles. The Balaban J connectivity index is 2.00. The Kier molecular flexibility index (Phi) is 3.83. The average Bonchev–Trinajstić information content (AvgIpc) is 2.90. The van der Waals surface area contributed by atoms with Gasteiger partial charge in [0.05, 0.1) is 11.6 Å². The van der Waals surface area contributed by atoms with Crippen molar-refractivity contribution in [1.29, 1.82) is 0 Å². The van der Waals surface area contributed by atoms with Gasteiger partial charge in [0.2, 0.25) is 5.95 Å². The first-order valence-corrected chi connectivity index (χ1v) is 7.61. The third-order valence-electron chi connectivity index (χ3n) is 2.51. The molecule has 0 saturated heterocycles. The number of aromatic amines is 1. The summed E-state index contributed by atoms with van der Waals surface area (Å²) < 4.78 is 0.950. The van der Waals surface area contributed by atoms with Gasteiger partial charge in [0.25, 0.3) is 0 Å². The summed E-state index contributed by atoms with van der Waals surface area (Å²) >= 11 is 4.86. The normalized spacial score (nSPS) is 10.9. The van der Waals surface area contributed by atoms with Gasteiger partial charge in [0, 0.05) is 17.2 Å². The second-order valence-corrected chi connectivity index (χ2v) is 5.86. The maximum Gasteiger partial charge on any atom is 0.225 e. The number of anilines is 1. The Morgan fingerprint density at radius 3 is 2.95 bits per heavy atom. The Morgan fingerprint density at radius 2 is 2.20 bits per heavy atom. The van der Waals surface area contributed by atoms with Crippen molar-refractivity contribution >= 4 is 44.7 Å². The average molecular weight is 351 g/mol. The summed E-state index contributed by atoms with van der Waals surface area (Å²) in [6.07, 6.45) is 3.49. The van der Waals surface area contributed by atoms with Crippen LogP contribution in [0.25, 0.3) is 11.0 Å². The monoisotopic (exact) mass is 350 g/mol. The molecular weight excluding hydrogens is 340 g/mol. The van der Waals surface area contributed by atoms with E-state index < -0.39 is 0 Å². The van der Waals surface area contributed by atoms with Crippen molar-refractivity contribution in [2.24, 2.45) is 0 Å². The topological polar surface area (TPSA) is 79.4 Å². The molecule has 3 aromatic heterocycles. The van der Waals surface area contributed by atoms with Crippen LogP contribution in [0.15, 0.2) is 39.1 Å². The van der Waals surface area contributed by atoms with Gasteiger partial charge in [-0.05, 0) is 46.7 Å². The first-order chi connectivity index (χ1) is 9.76. The number of hydrogen-bond acceptors (Lipinski definition) is 6. The maximum absolute atomic E-state index is 4.51. The van der Waals surface area contributed by atoms with Crippen LogP contribution in [-0.4, -0.2) is 31.7 Å². The lowest BCUT2D eigenvalue weighted by molar-refractivity contribution is 1.03. The lowest BCUT2D eigenvalue weighted by Gasteiger charge is -2.05. The minimum absolute atomic E-state index is 0.587. The zero-order chi connectivity index (χ0) is 13.9. The first-order valence-electron chi connectivity index (χ1n) is 6.00. The maximum atomic E-state index is 4.51. The molecule has 8 heteroatoms. The van der Waals surface area contributed by atoms with Crippen molar-refractivity contribution in [3.63, 3.8) is 0 Å². The Bertz CT molecular complexity index is 726. The number of nitrogens with zero attached hydrogens (tertiary/aromatic N) is 4. The lowest BCUT2D eigenvalue weighted by atomic mass is 10.4. The molecule has 3 aromatic rings. The molecule has 0 aliphatic rings. The number of halogens is 1. The van der Waals surface area contributed by atoms with E-state index in [0.717, 1.165) is 32.1 Å². The molecule has 0 unspecified atom stereocenters. The largest absolute Gasteiger partial charge is 0.354 e. The summed E-state index contributed by atoms with van der Waals surface area (Å²) in [4.78, 5) is 13.2. The van der Waals surface area contributed by atoms with Crippen molar-refractivity contribution < 1.29 is 0 Å². The van der Waals surface area contributed by atoms with Gasteiger partial charge in [-0.25, -0.2) is 9.97 Å². The van der Waals surface area contributed by atoms with Crippen molar-refractivity contribution in [3.05, 3.63) is 29.0 Å². The summed E-state index contributed by atoms with van der Waals surface area (Å²) in [5, 5.41) is 12.6. The van der Waals surface area contributed by atoms with E-state index in [4.69, 9.17) is 0 Å². The van der Waals surface area contributed by atoms with Crippen molar-refractivity contribution in [3.8, 4) is 0 Å². The molecule has 0 atom stereocenters. The molecule has 0 aromatic carbocycles. The summed E-state index contributed by atoms with van der Waals surface area (Å²) in [5.41, 5.74) is 0.718. The van der Waals surface area contributed by atoms with Crippen LogP contribution in [0.4, 0.5) is 5.95 Å². The predicted molar refractivity (Wildman–Crippen MR) is 81.9 cm³/mol. The minimum Gasteiger partial charge on any atom is -0.354 e. The van der Waals surface area contributed by atoms with E-state index in [1.807, 2.05) is 19.1 Å². The Labute approximate surface area is 127 Å². The van der Waals surface area contributed by atoms with E-state index in [0.29, 0.717) is 5.95 Å². The van der Waals surface area contributed by atoms with Gasteiger partial charge in [-0.2, -0.15) is 10.1 Å². The zero-order valence-corrected chi connectivity index (χ0v) is 13.0. The minimum atomic E-state index is 0.587. The van der Waals surface area contributed by atoms with Crippen LogP contribution < -0.4 is 5.32 Å². The summed E-state index contributed by atoms with van der Waals surface area (Å²) in [6.45, 7) is 2.77. The molecule has 3 heterocycles. The van der Waals surface area contributed by atoms with Crippen LogP contribution in [0.3, 0.4) is 0 Å². The van der Waals surface area contributed by atoms with Gasteiger partial charge in [-0.15, -0.1) is 0 Å². The fraction of sp³-hybridized carbons (Fsp3) is 0.167. The zero-order valence-electron chi connectivity index (χ0n) is 10.6. The van der Waals surface area contributed by atoms with E-state index in [9.17, 15) is 0 Å². The SMILES string of the molecule is CCNc1nc(Sc2ccc(Br)cn2)c2cn[nH]c2n1. The molecule has 6 nitrogen and oxygen atoms in total. The fourth-order valence-electron chi connectivity index (χ4n) is 1.65. The quantitative estimate of drug-likeness (QED) is 0.703. The summed E-state index contributed by atoms with van der Waals surface area (Å²) in [5.74, 6) is 0.587. The summed E-state index contributed by atoms with van der Waals surface area (Å²) in [7, 11) is 0. The molecule has 2 N–H and O–H groups in total. The molecule has 0 bridgehead atoms. The predicted octanol–water partition coefficient (Wildman–Crippen LogP) is 3.09. The highest BCUT2D eigenvalue weighted by atomic mass is 79.9. The van der Waals surface area contributed by atoms with E-state index in [1.54, 1.807) is 12.4 Å². The standard InChI is InChI=1S/C12H11BrN6S/c1-2-14-12-17-10-8(6-16-19-10)11(18-12)20-9-4-3-7(13)5-15-9/h3-6H,2H2,1H3,(H2,14,16,17,18,19). The third kappa shape index (κ3) is 2.75. The molecule has 20 heavy (non-hydrogen) atoms. The van der Waals surface area contributed by atoms with Gasteiger partial charge >= 0.3 is 0 Å². The lowest BCUT2D eigenvalue weighted by Crippen LogP contribution is -2.03. The van der Waals surface area contributed by atoms with Crippen LogP contribution in [-0.2, 0) is 0 Å². The number of pyridine rings is 1. The van der Waals surface area contributed by atoms with E-state index >= 15 is 0 Å². The second kappa shape index (κ2) is 5.76. The number of fused-ring (bicyclic) bond motifs is 1. The molecular formula is C12H11BrN6S. The van der Waals surface area contributed by atoms with Crippen LogP contribution in [0.2, 0.25) is 0 Å². The van der Waals surface area contributed by atoms with Gasteiger partial charge in [-0.3, -0.25) is 5.10 Å². The molecule has 0 spiro atoms. The molecule has 0 fully saturated rings. The van der Waals surface area contributed by atoms with Gasteiger partial charge < -0.3 is 5.32 Å². The summed E-state index contributed by atoms with van der Waals surface area (Å²) in [6, 6.07) is 3.89. The van der Waals surface area contributed by atoms with E-state index in [1.165, 1.54) is 11.8 Å². The first kappa shape index (κ1) is 13.3. The van der Waals surface area contributed by atoms with E-state index in [-0.39, 0.29) is 0 Å². The van der Waals surface area contributed by atoms with Crippen LogP contribution >= 0.6 is 27.7 Å². The number of aromatic nitrogens is 5. The van der Waals surface area contributed by atoms with Crippen LogP contribution in [0.5, 0.6) is 0 Å².